The van der Waals surface area contributed by atoms with Gasteiger partial charge in [-0.05, 0) is 42.2 Å². The molecule has 160 valence electrons. The molecule has 2 unspecified atom stereocenters. The molecule has 0 radical (unpaired) electrons. The van der Waals surface area contributed by atoms with Gasteiger partial charge in [0.25, 0.3) is 0 Å². The molecule has 7 heteroatoms. The van der Waals surface area contributed by atoms with Crippen LogP contribution in [0.25, 0.3) is 0 Å². The molecular formula is C21H38N4O2S. The van der Waals surface area contributed by atoms with Crippen LogP contribution in [0.1, 0.15) is 46.1 Å². The topological polar surface area (TPSA) is 69.1 Å². The largest absolute Gasteiger partial charge is 0.383 e. The summed E-state index contributed by atoms with van der Waals surface area (Å²) in [5.41, 5.74) is -0.0400. The third-order valence-electron chi connectivity index (χ3n) is 5.62. The van der Waals surface area contributed by atoms with Gasteiger partial charge in [0.2, 0.25) is 0 Å². The van der Waals surface area contributed by atoms with Crippen LogP contribution in [0.2, 0.25) is 0 Å². The Morgan fingerprint density at radius 3 is 2.57 bits per heavy atom. The number of hydrogen-bond donors (Lipinski definition) is 3. The third-order valence-corrected chi connectivity index (χ3v) is 6.30. The quantitative estimate of drug-likeness (QED) is 0.409. The summed E-state index contributed by atoms with van der Waals surface area (Å²) in [5.74, 6) is 1.41. The van der Waals surface area contributed by atoms with Gasteiger partial charge in [0, 0.05) is 32.2 Å². The fourth-order valence-corrected chi connectivity index (χ4v) is 4.56. The molecule has 6 nitrogen and oxygen atoms in total. The minimum atomic E-state index is -0.957. The molecule has 0 aliphatic carbocycles. The van der Waals surface area contributed by atoms with Crippen molar-refractivity contribution in [1.29, 1.82) is 0 Å². The van der Waals surface area contributed by atoms with Crippen LogP contribution in [0, 0.1) is 5.92 Å². The lowest BCUT2D eigenvalue weighted by Gasteiger charge is -2.39. The number of aliphatic imine (C=N–C) groups is 1. The summed E-state index contributed by atoms with van der Waals surface area (Å²) in [7, 11) is 0. The number of thiophene rings is 1. The first kappa shape index (κ1) is 23.1. The highest BCUT2D eigenvalue weighted by atomic mass is 32.1. The first-order valence-corrected chi connectivity index (χ1v) is 11.5. The monoisotopic (exact) mass is 410 g/mol. The zero-order valence-electron chi connectivity index (χ0n) is 17.9. The Labute approximate surface area is 174 Å². The highest BCUT2D eigenvalue weighted by molar-refractivity contribution is 7.08. The highest BCUT2D eigenvalue weighted by Crippen LogP contribution is 2.23. The average Bonchev–Trinajstić information content (AvgIpc) is 3.26. The van der Waals surface area contributed by atoms with E-state index < -0.39 is 5.60 Å². The maximum absolute atomic E-state index is 10.8. The van der Waals surface area contributed by atoms with Gasteiger partial charge in [-0.25, -0.2) is 4.99 Å². The summed E-state index contributed by atoms with van der Waals surface area (Å²) in [4.78, 5) is 7.23. The van der Waals surface area contributed by atoms with Gasteiger partial charge >= 0.3 is 0 Å². The highest BCUT2D eigenvalue weighted by Gasteiger charge is 2.27. The van der Waals surface area contributed by atoms with E-state index in [2.05, 4.69) is 41.3 Å². The van der Waals surface area contributed by atoms with Crippen molar-refractivity contribution in [3.63, 3.8) is 0 Å². The normalized spacial score (nSPS) is 19.4. The number of nitrogens with zero attached hydrogens (tertiary/aromatic N) is 2. The number of ether oxygens (including phenoxy) is 1. The number of hydrogen-bond acceptors (Lipinski definition) is 5. The van der Waals surface area contributed by atoms with E-state index in [1.165, 1.54) is 12.8 Å². The second-order valence-corrected chi connectivity index (χ2v) is 8.43. The van der Waals surface area contributed by atoms with E-state index in [1.807, 2.05) is 23.8 Å². The molecule has 1 aliphatic rings. The molecule has 1 aromatic heterocycles. The molecule has 2 rings (SSSR count). The standard InChI is InChI=1S/C21H38N4O2S/c1-5-17(6-2)19(25-9-11-27-12-10-25)14-23-20(22-7-3)24-16-21(4,26)18-8-13-28-15-18/h8,13,15,17,19,26H,5-7,9-12,14,16H2,1-4H3,(H2,22,23,24). The minimum absolute atomic E-state index is 0.326. The SMILES string of the molecule is CCNC(=NCC(C)(O)c1ccsc1)NCC(C(CC)CC)N1CCOCC1. The second-order valence-electron chi connectivity index (χ2n) is 7.65. The Balaban J connectivity index is 2.03. The molecule has 1 fully saturated rings. The van der Waals surface area contributed by atoms with Crippen molar-refractivity contribution in [2.75, 3.05) is 45.9 Å². The fraction of sp³-hybridized carbons (Fsp3) is 0.762. The van der Waals surface area contributed by atoms with Gasteiger partial charge in [0.05, 0.1) is 19.8 Å². The smallest absolute Gasteiger partial charge is 0.191 e. The van der Waals surface area contributed by atoms with Gasteiger partial charge in [-0.1, -0.05) is 26.7 Å². The van der Waals surface area contributed by atoms with Gasteiger partial charge < -0.3 is 20.5 Å². The molecule has 0 spiro atoms. The van der Waals surface area contributed by atoms with Crippen LogP contribution in [0.5, 0.6) is 0 Å². The maximum Gasteiger partial charge on any atom is 0.191 e. The van der Waals surface area contributed by atoms with E-state index in [1.54, 1.807) is 11.3 Å². The van der Waals surface area contributed by atoms with Gasteiger partial charge in [0.15, 0.2) is 5.96 Å². The Bertz CT molecular complexity index is 567. The molecule has 2 atom stereocenters. The Kier molecular flexibility index (Phi) is 9.71. The Hall–Kier alpha value is -1.15. The van der Waals surface area contributed by atoms with E-state index in [0.717, 1.165) is 50.9 Å². The van der Waals surface area contributed by atoms with E-state index in [0.29, 0.717) is 18.5 Å². The summed E-state index contributed by atoms with van der Waals surface area (Å²) in [6.07, 6.45) is 2.33. The van der Waals surface area contributed by atoms with Crippen LogP contribution < -0.4 is 10.6 Å². The lowest BCUT2D eigenvalue weighted by atomic mass is 9.92. The van der Waals surface area contributed by atoms with Gasteiger partial charge in [0.1, 0.15) is 5.60 Å². The second kappa shape index (κ2) is 11.8. The zero-order valence-corrected chi connectivity index (χ0v) is 18.7. The van der Waals surface area contributed by atoms with E-state index >= 15 is 0 Å². The first-order chi connectivity index (χ1) is 13.5. The molecule has 0 bridgehead atoms. The summed E-state index contributed by atoms with van der Waals surface area (Å²) in [5, 5.41) is 21.6. The zero-order chi connectivity index (χ0) is 20.4. The number of nitrogens with one attached hydrogen (secondary N) is 2. The molecular weight excluding hydrogens is 372 g/mol. The lowest BCUT2D eigenvalue weighted by Crippen LogP contribution is -2.53. The number of aliphatic hydroxyl groups is 1. The molecule has 1 aromatic rings. The van der Waals surface area contributed by atoms with Crippen LogP contribution in [-0.4, -0.2) is 67.9 Å². The van der Waals surface area contributed by atoms with E-state index in [-0.39, 0.29) is 0 Å². The predicted molar refractivity (Wildman–Crippen MR) is 118 cm³/mol. The van der Waals surface area contributed by atoms with Gasteiger partial charge in [-0.2, -0.15) is 11.3 Å². The van der Waals surface area contributed by atoms with E-state index in [4.69, 9.17) is 4.74 Å². The predicted octanol–water partition coefficient (Wildman–Crippen LogP) is 2.65. The van der Waals surface area contributed by atoms with Crippen molar-refractivity contribution < 1.29 is 9.84 Å². The molecule has 1 aliphatic heterocycles. The van der Waals surface area contributed by atoms with Gasteiger partial charge in [-0.3, -0.25) is 4.90 Å². The maximum atomic E-state index is 10.8. The van der Waals surface area contributed by atoms with Crippen molar-refractivity contribution in [2.24, 2.45) is 10.9 Å². The average molecular weight is 411 g/mol. The lowest BCUT2D eigenvalue weighted by molar-refractivity contribution is 0.00270. The molecule has 3 N–H and O–H groups in total. The van der Waals surface area contributed by atoms with Crippen LogP contribution in [0.15, 0.2) is 21.8 Å². The van der Waals surface area contributed by atoms with Crippen LogP contribution >= 0.6 is 11.3 Å². The minimum Gasteiger partial charge on any atom is -0.383 e. The van der Waals surface area contributed by atoms with Crippen LogP contribution in [-0.2, 0) is 10.3 Å². The molecule has 0 aromatic carbocycles. The molecule has 2 heterocycles. The van der Waals surface area contributed by atoms with E-state index in [9.17, 15) is 5.11 Å². The van der Waals surface area contributed by atoms with Crippen molar-refractivity contribution >= 4 is 17.3 Å². The molecule has 0 saturated carbocycles. The van der Waals surface area contributed by atoms with Gasteiger partial charge in [-0.15, -0.1) is 0 Å². The van der Waals surface area contributed by atoms with Crippen LogP contribution in [0.3, 0.4) is 0 Å². The summed E-state index contributed by atoms with van der Waals surface area (Å²) in [6.45, 7) is 14.0. The number of guanidine groups is 1. The summed E-state index contributed by atoms with van der Waals surface area (Å²) < 4.78 is 5.55. The molecule has 0 amide bonds. The fourth-order valence-electron chi connectivity index (χ4n) is 3.77. The first-order valence-electron chi connectivity index (χ1n) is 10.6. The Morgan fingerprint density at radius 2 is 2.00 bits per heavy atom. The number of rotatable bonds is 10. The molecule has 1 saturated heterocycles. The summed E-state index contributed by atoms with van der Waals surface area (Å²) >= 11 is 1.59. The van der Waals surface area contributed by atoms with Crippen molar-refractivity contribution in [3.05, 3.63) is 22.4 Å². The number of morpholine rings is 1. The van der Waals surface area contributed by atoms with Crippen molar-refractivity contribution in [1.82, 2.24) is 15.5 Å². The summed E-state index contributed by atoms with van der Waals surface area (Å²) in [6, 6.07) is 2.42. The van der Waals surface area contributed by atoms with Crippen molar-refractivity contribution in [3.8, 4) is 0 Å². The Morgan fingerprint density at radius 1 is 1.29 bits per heavy atom. The van der Waals surface area contributed by atoms with Crippen molar-refractivity contribution in [2.45, 2.75) is 52.2 Å². The third kappa shape index (κ3) is 6.72. The molecule has 28 heavy (non-hydrogen) atoms. The van der Waals surface area contributed by atoms with Crippen LogP contribution in [0.4, 0.5) is 0 Å².